The quantitative estimate of drug-likeness (QED) is 0.657. The monoisotopic (exact) mass is 356 g/mol. The molecule has 0 atom stereocenters. The first-order valence-electron chi connectivity index (χ1n) is 5.85. The lowest BCUT2D eigenvalue weighted by Gasteiger charge is -2.02. The number of carbonyl (C=O) groups excluding carboxylic acids is 1. The van der Waals surface area contributed by atoms with Gasteiger partial charge in [0.05, 0.1) is 10.0 Å². The first kappa shape index (κ1) is 14.6. The highest BCUT2D eigenvalue weighted by atomic mass is 35.5. The minimum absolute atomic E-state index is 0.313. The van der Waals surface area contributed by atoms with E-state index in [1.165, 1.54) is 17.5 Å². The zero-order chi connectivity index (χ0) is 15.0. The summed E-state index contributed by atoms with van der Waals surface area (Å²) in [6.45, 7) is 0. The van der Waals surface area contributed by atoms with Crippen LogP contribution in [0.25, 0.3) is 10.1 Å². The van der Waals surface area contributed by atoms with Gasteiger partial charge in [0.25, 0.3) is 5.91 Å². The SMILES string of the molecule is O=C(Nc1ccc(Cl)cn1)c1sc2cc(Cl)ccc2c1Cl. The number of halogens is 3. The zero-order valence-corrected chi connectivity index (χ0v) is 13.4. The molecule has 2 aromatic heterocycles. The molecular weight excluding hydrogens is 351 g/mol. The number of thiophene rings is 1. The van der Waals surface area contributed by atoms with E-state index in [-0.39, 0.29) is 5.91 Å². The minimum atomic E-state index is -0.313. The van der Waals surface area contributed by atoms with Crippen LogP contribution in [0, 0.1) is 0 Å². The molecule has 0 spiro atoms. The Morgan fingerprint density at radius 1 is 1.10 bits per heavy atom. The van der Waals surface area contributed by atoms with E-state index in [0.717, 1.165) is 10.1 Å². The molecule has 0 saturated carbocycles. The van der Waals surface area contributed by atoms with Crippen LogP contribution in [0.15, 0.2) is 36.5 Å². The van der Waals surface area contributed by atoms with Crippen molar-refractivity contribution in [3.05, 3.63) is 56.5 Å². The number of fused-ring (bicyclic) bond motifs is 1. The number of hydrogen-bond donors (Lipinski definition) is 1. The molecule has 0 radical (unpaired) electrons. The summed E-state index contributed by atoms with van der Waals surface area (Å²) in [5.74, 6) is 0.100. The van der Waals surface area contributed by atoms with Crippen LogP contribution >= 0.6 is 46.1 Å². The van der Waals surface area contributed by atoms with E-state index in [0.29, 0.717) is 25.8 Å². The topological polar surface area (TPSA) is 42.0 Å². The average Bonchev–Trinajstić information content (AvgIpc) is 2.78. The Balaban J connectivity index is 1.94. The largest absolute Gasteiger partial charge is 0.306 e. The molecule has 0 aliphatic carbocycles. The minimum Gasteiger partial charge on any atom is -0.306 e. The number of nitrogens with zero attached hydrogens (tertiary/aromatic N) is 1. The second-order valence-electron chi connectivity index (χ2n) is 4.20. The third kappa shape index (κ3) is 2.99. The second kappa shape index (κ2) is 5.81. The summed E-state index contributed by atoms with van der Waals surface area (Å²) in [5.41, 5.74) is 0. The molecular formula is C14H7Cl3N2OS. The number of benzene rings is 1. The maximum atomic E-state index is 12.3. The highest BCUT2D eigenvalue weighted by molar-refractivity contribution is 7.21. The van der Waals surface area contributed by atoms with Crippen LogP contribution in [-0.2, 0) is 0 Å². The molecule has 2 heterocycles. The highest BCUT2D eigenvalue weighted by Gasteiger charge is 2.17. The molecule has 0 bridgehead atoms. The van der Waals surface area contributed by atoms with Gasteiger partial charge in [-0.05, 0) is 24.3 Å². The lowest BCUT2D eigenvalue weighted by molar-refractivity contribution is 0.103. The molecule has 3 nitrogen and oxygen atoms in total. The molecule has 1 amide bonds. The van der Waals surface area contributed by atoms with E-state index >= 15 is 0 Å². The summed E-state index contributed by atoms with van der Waals surface area (Å²) in [4.78, 5) is 16.7. The summed E-state index contributed by atoms with van der Waals surface area (Å²) in [5, 5.41) is 5.01. The lowest BCUT2D eigenvalue weighted by Crippen LogP contribution is -2.11. The van der Waals surface area contributed by atoms with Crippen LogP contribution in [0.2, 0.25) is 15.1 Å². The van der Waals surface area contributed by atoms with Gasteiger partial charge in [-0.1, -0.05) is 40.9 Å². The number of carbonyl (C=O) groups is 1. The summed E-state index contributed by atoms with van der Waals surface area (Å²) < 4.78 is 0.863. The third-order valence-corrected chi connectivity index (χ3v) is 4.88. The van der Waals surface area contributed by atoms with Gasteiger partial charge in [-0.3, -0.25) is 4.79 Å². The average molecular weight is 358 g/mol. The predicted molar refractivity (Wildman–Crippen MR) is 89.0 cm³/mol. The molecule has 0 aliphatic rings. The number of amides is 1. The Labute approximate surface area is 139 Å². The second-order valence-corrected chi connectivity index (χ2v) is 6.50. The van der Waals surface area contributed by atoms with Crippen molar-refractivity contribution in [2.45, 2.75) is 0 Å². The van der Waals surface area contributed by atoms with Gasteiger partial charge in [-0.25, -0.2) is 4.98 Å². The first-order valence-corrected chi connectivity index (χ1v) is 7.80. The summed E-state index contributed by atoms with van der Waals surface area (Å²) >= 11 is 19.2. The maximum Gasteiger partial charge on any atom is 0.268 e. The van der Waals surface area contributed by atoms with Crippen molar-refractivity contribution in [1.82, 2.24) is 4.98 Å². The third-order valence-electron chi connectivity index (χ3n) is 2.77. The molecule has 1 aromatic carbocycles. The Kier molecular flexibility index (Phi) is 4.04. The van der Waals surface area contributed by atoms with Gasteiger partial charge in [-0.15, -0.1) is 11.3 Å². The Morgan fingerprint density at radius 3 is 2.57 bits per heavy atom. The van der Waals surface area contributed by atoms with E-state index in [2.05, 4.69) is 10.3 Å². The number of pyridine rings is 1. The van der Waals surface area contributed by atoms with Crippen LogP contribution in [0.3, 0.4) is 0 Å². The van der Waals surface area contributed by atoms with Crippen LogP contribution in [0.5, 0.6) is 0 Å². The lowest BCUT2D eigenvalue weighted by atomic mass is 10.2. The van der Waals surface area contributed by atoms with Gasteiger partial charge in [0, 0.05) is 21.3 Å². The number of aromatic nitrogens is 1. The van der Waals surface area contributed by atoms with Crippen LogP contribution < -0.4 is 5.32 Å². The fraction of sp³-hybridized carbons (Fsp3) is 0. The Morgan fingerprint density at radius 2 is 1.86 bits per heavy atom. The molecule has 3 rings (SSSR count). The van der Waals surface area contributed by atoms with E-state index in [9.17, 15) is 4.79 Å². The van der Waals surface area contributed by atoms with Gasteiger partial charge < -0.3 is 5.32 Å². The summed E-state index contributed by atoms with van der Waals surface area (Å²) in [6, 6.07) is 8.60. The Hall–Kier alpha value is -1.33. The summed E-state index contributed by atoms with van der Waals surface area (Å²) in [6.07, 6.45) is 1.46. The fourth-order valence-corrected chi connectivity index (χ4v) is 3.61. The molecule has 0 aliphatic heterocycles. The molecule has 0 fully saturated rings. The molecule has 1 N–H and O–H groups in total. The molecule has 106 valence electrons. The number of nitrogens with one attached hydrogen (secondary N) is 1. The first-order chi connectivity index (χ1) is 10.0. The van der Waals surface area contributed by atoms with Crippen molar-refractivity contribution in [3.63, 3.8) is 0 Å². The van der Waals surface area contributed by atoms with E-state index in [1.807, 2.05) is 0 Å². The van der Waals surface area contributed by atoms with Crippen molar-refractivity contribution in [1.29, 1.82) is 0 Å². The van der Waals surface area contributed by atoms with Crippen molar-refractivity contribution in [2.24, 2.45) is 0 Å². The number of rotatable bonds is 2. The summed E-state index contributed by atoms with van der Waals surface area (Å²) in [7, 11) is 0. The predicted octanol–water partition coefficient (Wildman–Crippen LogP) is 5.51. The zero-order valence-electron chi connectivity index (χ0n) is 10.4. The number of hydrogen-bond acceptors (Lipinski definition) is 3. The van der Waals surface area contributed by atoms with Crippen LogP contribution in [0.4, 0.5) is 5.82 Å². The van der Waals surface area contributed by atoms with Crippen molar-refractivity contribution in [3.8, 4) is 0 Å². The van der Waals surface area contributed by atoms with Crippen LogP contribution in [0.1, 0.15) is 9.67 Å². The van der Waals surface area contributed by atoms with Crippen molar-refractivity contribution >= 4 is 68.0 Å². The Bertz CT molecular complexity index is 830. The fourth-order valence-electron chi connectivity index (χ4n) is 1.81. The maximum absolute atomic E-state index is 12.3. The standard InChI is InChI=1S/C14H7Cl3N2OS/c15-7-1-3-9-10(5-7)21-13(12(9)17)14(20)19-11-4-2-8(16)6-18-11/h1-6H,(H,18,19,20). The molecule has 3 aromatic rings. The molecule has 0 unspecified atom stereocenters. The number of anilines is 1. The van der Waals surface area contributed by atoms with Gasteiger partial charge in [-0.2, -0.15) is 0 Å². The van der Waals surface area contributed by atoms with E-state index in [1.54, 1.807) is 30.3 Å². The smallest absolute Gasteiger partial charge is 0.268 e. The van der Waals surface area contributed by atoms with Crippen LogP contribution in [-0.4, -0.2) is 10.9 Å². The molecule has 0 saturated heterocycles. The molecule has 21 heavy (non-hydrogen) atoms. The van der Waals surface area contributed by atoms with Gasteiger partial charge in [0.1, 0.15) is 10.7 Å². The highest BCUT2D eigenvalue weighted by Crippen LogP contribution is 2.37. The van der Waals surface area contributed by atoms with E-state index in [4.69, 9.17) is 34.8 Å². The van der Waals surface area contributed by atoms with Gasteiger partial charge >= 0.3 is 0 Å². The van der Waals surface area contributed by atoms with Gasteiger partial charge in [0.2, 0.25) is 0 Å². The molecule has 7 heteroatoms. The van der Waals surface area contributed by atoms with Crippen molar-refractivity contribution in [2.75, 3.05) is 5.32 Å². The normalized spacial score (nSPS) is 10.8. The van der Waals surface area contributed by atoms with Gasteiger partial charge in [0.15, 0.2) is 0 Å². The van der Waals surface area contributed by atoms with E-state index < -0.39 is 0 Å². The van der Waals surface area contributed by atoms with Crippen molar-refractivity contribution < 1.29 is 4.79 Å².